The average molecular weight is 303 g/mol. The molecule has 3 rings (SSSR count). The van der Waals surface area contributed by atoms with Crippen molar-refractivity contribution in [2.45, 2.75) is 6.42 Å². The number of benzene rings is 1. The highest BCUT2D eigenvalue weighted by molar-refractivity contribution is 7.15. The van der Waals surface area contributed by atoms with Crippen LogP contribution in [0.25, 0.3) is 10.8 Å². The molecule has 0 atom stereocenters. The first-order valence-electron chi connectivity index (χ1n) is 5.92. The molecule has 7 heteroatoms. The van der Waals surface area contributed by atoms with Gasteiger partial charge in [0.2, 0.25) is 0 Å². The highest BCUT2D eigenvalue weighted by Gasteiger charge is 2.12. The van der Waals surface area contributed by atoms with E-state index in [0.29, 0.717) is 21.1 Å². The van der Waals surface area contributed by atoms with Crippen molar-refractivity contribution >= 4 is 11.3 Å². The van der Waals surface area contributed by atoms with Gasteiger partial charge in [0.25, 0.3) is 5.89 Å². The lowest BCUT2D eigenvalue weighted by atomic mass is 10.1. The van der Waals surface area contributed by atoms with Gasteiger partial charge in [0, 0.05) is 12.5 Å². The van der Waals surface area contributed by atoms with Crippen LogP contribution in [0.1, 0.15) is 16.3 Å². The standard InChI is InChI=1S/C14H7F2N3OS/c15-9-3-8(4-10(16)6-9)5-13-18-14(20-19-13)12-2-1-11(7-17)21-12/h1-4,6H,5H2. The zero-order chi connectivity index (χ0) is 14.8. The van der Waals surface area contributed by atoms with Crippen LogP contribution in [-0.2, 0) is 6.42 Å². The molecule has 0 bridgehead atoms. The maximum atomic E-state index is 13.1. The van der Waals surface area contributed by atoms with Crippen LogP contribution in [0.15, 0.2) is 34.9 Å². The summed E-state index contributed by atoms with van der Waals surface area (Å²) in [5, 5.41) is 12.5. The minimum atomic E-state index is -0.648. The van der Waals surface area contributed by atoms with Crippen molar-refractivity contribution in [3.8, 4) is 16.8 Å². The third-order valence-electron chi connectivity index (χ3n) is 2.68. The van der Waals surface area contributed by atoms with Crippen molar-refractivity contribution in [1.82, 2.24) is 10.1 Å². The first-order valence-corrected chi connectivity index (χ1v) is 6.73. The van der Waals surface area contributed by atoms with Gasteiger partial charge in [-0.1, -0.05) is 5.16 Å². The number of aromatic nitrogens is 2. The van der Waals surface area contributed by atoms with E-state index in [4.69, 9.17) is 9.78 Å². The molecule has 0 aliphatic carbocycles. The molecule has 104 valence electrons. The molecule has 21 heavy (non-hydrogen) atoms. The van der Waals surface area contributed by atoms with Crippen molar-refractivity contribution in [1.29, 1.82) is 5.26 Å². The lowest BCUT2D eigenvalue weighted by molar-refractivity contribution is 0.424. The second kappa shape index (κ2) is 5.42. The van der Waals surface area contributed by atoms with Crippen LogP contribution in [0.4, 0.5) is 8.78 Å². The molecule has 0 unspecified atom stereocenters. The first-order chi connectivity index (χ1) is 10.1. The molecule has 0 aliphatic rings. The highest BCUT2D eigenvalue weighted by atomic mass is 32.1. The van der Waals surface area contributed by atoms with Crippen LogP contribution >= 0.6 is 11.3 Å². The molecule has 0 N–H and O–H groups in total. The van der Waals surface area contributed by atoms with Crippen LogP contribution in [0, 0.1) is 23.0 Å². The van der Waals surface area contributed by atoms with Gasteiger partial charge in [-0.05, 0) is 29.8 Å². The molecule has 2 aromatic heterocycles. The Bertz CT molecular complexity index is 815. The number of hydrogen-bond acceptors (Lipinski definition) is 5. The Morgan fingerprint density at radius 1 is 1.19 bits per heavy atom. The van der Waals surface area contributed by atoms with Crippen molar-refractivity contribution in [3.05, 3.63) is 58.2 Å². The van der Waals surface area contributed by atoms with E-state index in [1.165, 1.54) is 23.5 Å². The van der Waals surface area contributed by atoms with Gasteiger partial charge in [0.05, 0.1) is 4.88 Å². The molecule has 2 heterocycles. The van der Waals surface area contributed by atoms with Gasteiger partial charge in [-0.25, -0.2) is 8.78 Å². The van der Waals surface area contributed by atoms with Crippen molar-refractivity contribution in [3.63, 3.8) is 0 Å². The summed E-state index contributed by atoms with van der Waals surface area (Å²) in [6.07, 6.45) is 0.161. The summed E-state index contributed by atoms with van der Waals surface area (Å²) in [7, 11) is 0. The Balaban J connectivity index is 1.83. The van der Waals surface area contributed by atoms with Crippen LogP contribution in [-0.4, -0.2) is 10.1 Å². The topological polar surface area (TPSA) is 62.7 Å². The quantitative estimate of drug-likeness (QED) is 0.742. The molecule has 0 aliphatic heterocycles. The number of rotatable bonds is 3. The number of thiophene rings is 1. The first kappa shape index (κ1) is 13.4. The fourth-order valence-electron chi connectivity index (χ4n) is 1.83. The maximum Gasteiger partial charge on any atom is 0.268 e. The van der Waals surface area contributed by atoms with E-state index in [2.05, 4.69) is 10.1 Å². The predicted molar refractivity (Wildman–Crippen MR) is 71.5 cm³/mol. The monoisotopic (exact) mass is 303 g/mol. The van der Waals surface area contributed by atoms with E-state index in [1.54, 1.807) is 12.1 Å². The predicted octanol–water partition coefficient (Wildman–Crippen LogP) is 3.54. The van der Waals surface area contributed by atoms with Crippen molar-refractivity contribution < 1.29 is 13.3 Å². The molecule has 1 aromatic carbocycles. The normalized spacial score (nSPS) is 10.5. The minimum Gasteiger partial charge on any atom is -0.333 e. The summed E-state index contributed by atoms with van der Waals surface area (Å²) in [6, 6.07) is 8.64. The number of hydrogen-bond donors (Lipinski definition) is 0. The Kier molecular flexibility index (Phi) is 3.46. The summed E-state index contributed by atoms with van der Waals surface area (Å²) in [5.74, 6) is -0.688. The third kappa shape index (κ3) is 2.95. The van der Waals surface area contributed by atoms with Gasteiger partial charge in [0.1, 0.15) is 22.6 Å². The molecule has 0 spiro atoms. The summed E-state index contributed by atoms with van der Waals surface area (Å²) in [6.45, 7) is 0. The van der Waals surface area contributed by atoms with Gasteiger partial charge in [-0.15, -0.1) is 11.3 Å². The van der Waals surface area contributed by atoms with Crippen LogP contribution in [0.2, 0.25) is 0 Å². The number of nitriles is 1. The second-order valence-electron chi connectivity index (χ2n) is 4.25. The van der Waals surface area contributed by atoms with Crippen LogP contribution < -0.4 is 0 Å². The SMILES string of the molecule is N#Cc1ccc(-c2nc(Cc3cc(F)cc(F)c3)no2)s1. The van der Waals surface area contributed by atoms with Gasteiger partial charge < -0.3 is 4.52 Å². The van der Waals surface area contributed by atoms with Crippen LogP contribution in [0.5, 0.6) is 0 Å². The van der Waals surface area contributed by atoms with E-state index >= 15 is 0 Å². The minimum absolute atomic E-state index is 0.161. The smallest absolute Gasteiger partial charge is 0.268 e. The lowest BCUT2D eigenvalue weighted by Crippen LogP contribution is -1.93. The molecule has 4 nitrogen and oxygen atoms in total. The number of nitrogens with zero attached hydrogens (tertiary/aromatic N) is 3. The summed E-state index contributed by atoms with van der Waals surface area (Å²) >= 11 is 1.23. The van der Waals surface area contributed by atoms with Crippen LogP contribution in [0.3, 0.4) is 0 Å². The van der Waals surface area contributed by atoms with Gasteiger partial charge in [-0.2, -0.15) is 10.2 Å². The average Bonchev–Trinajstić information content (AvgIpc) is 3.05. The molecular weight excluding hydrogens is 296 g/mol. The second-order valence-corrected chi connectivity index (χ2v) is 5.33. The molecular formula is C14H7F2N3OS. The van der Waals surface area contributed by atoms with Crippen molar-refractivity contribution in [2.75, 3.05) is 0 Å². The highest BCUT2D eigenvalue weighted by Crippen LogP contribution is 2.26. The van der Waals surface area contributed by atoms with E-state index in [0.717, 1.165) is 6.07 Å². The molecule has 0 amide bonds. The Labute approximate surface area is 122 Å². The van der Waals surface area contributed by atoms with Gasteiger partial charge >= 0.3 is 0 Å². The van der Waals surface area contributed by atoms with Crippen molar-refractivity contribution in [2.24, 2.45) is 0 Å². The lowest BCUT2D eigenvalue weighted by Gasteiger charge is -1.97. The fourth-order valence-corrected chi connectivity index (χ4v) is 2.56. The molecule has 0 fully saturated rings. The van der Waals surface area contributed by atoms with E-state index in [1.807, 2.05) is 6.07 Å². The van der Waals surface area contributed by atoms with E-state index < -0.39 is 11.6 Å². The Hall–Kier alpha value is -2.59. The molecule has 3 aromatic rings. The Morgan fingerprint density at radius 3 is 2.62 bits per heavy atom. The largest absolute Gasteiger partial charge is 0.333 e. The zero-order valence-electron chi connectivity index (χ0n) is 10.5. The fraction of sp³-hybridized carbons (Fsp3) is 0.0714. The van der Waals surface area contributed by atoms with E-state index in [-0.39, 0.29) is 12.3 Å². The van der Waals surface area contributed by atoms with Gasteiger partial charge in [-0.3, -0.25) is 0 Å². The maximum absolute atomic E-state index is 13.1. The molecule has 0 saturated carbocycles. The zero-order valence-corrected chi connectivity index (χ0v) is 11.3. The number of halogens is 2. The van der Waals surface area contributed by atoms with E-state index in [9.17, 15) is 8.78 Å². The summed E-state index contributed by atoms with van der Waals surface area (Å²) in [5.41, 5.74) is 0.420. The third-order valence-corrected chi connectivity index (χ3v) is 3.66. The summed E-state index contributed by atoms with van der Waals surface area (Å²) < 4.78 is 31.3. The van der Waals surface area contributed by atoms with Gasteiger partial charge in [0.15, 0.2) is 5.82 Å². The molecule has 0 radical (unpaired) electrons. The molecule has 0 saturated heterocycles. The summed E-state index contributed by atoms with van der Waals surface area (Å²) in [4.78, 5) is 5.38. The Morgan fingerprint density at radius 2 is 1.95 bits per heavy atom.